The third kappa shape index (κ3) is 3.29. The molecule has 1 aromatic rings. The van der Waals surface area contributed by atoms with Gasteiger partial charge in [0.05, 0.1) is 7.11 Å². The van der Waals surface area contributed by atoms with Crippen molar-refractivity contribution >= 4 is 12.6 Å². The third-order valence-corrected chi connectivity index (χ3v) is 3.91. The van der Waals surface area contributed by atoms with Crippen LogP contribution in [0.15, 0.2) is 18.2 Å². The van der Waals surface area contributed by atoms with Crippen LogP contribution in [0.3, 0.4) is 0 Å². The van der Waals surface area contributed by atoms with E-state index < -0.39 is 7.12 Å². The number of hydrogen-bond acceptors (Lipinski definition) is 4. The van der Waals surface area contributed by atoms with Crippen LogP contribution in [0.25, 0.3) is 0 Å². The van der Waals surface area contributed by atoms with Crippen molar-refractivity contribution in [2.75, 3.05) is 13.7 Å². The Labute approximate surface area is 115 Å². The Balaban J connectivity index is 2.22. The summed E-state index contributed by atoms with van der Waals surface area (Å²) >= 11 is 0. The first-order valence-electron chi connectivity index (χ1n) is 6.78. The van der Waals surface area contributed by atoms with Gasteiger partial charge in [0.25, 0.3) is 0 Å². The summed E-state index contributed by atoms with van der Waals surface area (Å²) in [7, 11) is 0.186. The summed E-state index contributed by atoms with van der Waals surface area (Å²) in [6, 6.07) is 5.91. The molecule has 0 spiro atoms. The largest absolute Gasteiger partial charge is 0.497 e. The van der Waals surface area contributed by atoms with E-state index in [0.29, 0.717) is 17.4 Å². The minimum atomic E-state index is -1.43. The van der Waals surface area contributed by atoms with Gasteiger partial charge in [0.1, 0.15) is 5.75 Å². The first-order valence-corrected chi connectivity index (χ1v) is 6.78. The fourth-order valence-electron chi connectivity index (χ4n) is 2.92. The van der Waals surface area contributed by atoms with Gasteiger partial charge in [-0.2, -0.15) is 0 Å². The van der Waals surface area contributed by atoms with Crippen molar-refractivity contribution in [3.05, 3.63) is 23.8 Å². The lowest BCUT2D eigenvalue weighted by Gasteiger charge is -2.23. The number of ether oxygens (including phenoxy) is 1. The standard InChI is InChI=1S/C14H22BNO3/c1-10-6-11(2)16(8-10)9-12-7-13(19-3)4-5-14(12)15(17)18/h4-5,7,10-11,17-18H,6,8-9H2,1-3H3. The number of methoxy groups -OCH3 is 1. The zero-order chi connectivity index (χ0) is 14.0. The summed E-state index contributed by atoms with van der Waals surface area (Å²) in [6.45, 7) is 6.26. The summed E-state index contributed by atoms with van der Waals surface area (Å²) in [4.78, 5) is 2.38. The lowest BCUT2D eigenvalue weighted by Crippen LogP contribution is -2.36. The van der Waals surface area contributed by atoms with Crippen LogP contribution in [0.2, 0.25) is 0 Å². The fourth-order valence-corrected chi connectivity index (χ4v) is 2.92. The zero-order valence-corrected chi connectivity index (χ0v) is 11.8. The van der Waals surface area contributed by atoms with E-state index in [4.69, 9.17) is 4.74 Å². The molecule has 0 aromatic heterocycles. The van der Waals surface area contributed by atoms with Gasteiger partial charge < -0.3 is 14.8 Å². The van der Waals surface area contributed by atoms with Crippen LogP contribution >= 0.6 is 0 Å². The predicted octanol–water partition coefficient (Wildman–Crippen LogP) is 0.605. The number of nitrogens with zero attached hydrogens (tertiary/aromatic N) is 1. The van der Waals surface area contributed by atoms with E-state index in [-0.39, 0.29) is 0 Å². The van der Waals surface area contributed by atoms with Crippen molar-refractivity contribution in [3.8, 4) is 5.75 Å². The topological polar surface area (TPSA) is 52.9 Å². The number of benzene rings is 1. The van der Waals surface area contributed by atoms with E-state index in [1.165, 1.54) is 6.42 Å². The van der Waals surface area contributed by atoms with Crippen LogP contribution < -0.4 is 10.2 Å². The summed E-state index contributed by atoms with van der Waals surface area (Å²) < 4.78 is 5.22. The monoisotopic (exact) mass is 263 g/mol. The second kappa shape index (κ2) is 5.95. The van der Waals surface area contributed by atoms with E-state index in [1.54, 1.807) is 19.2 Å². The van der Waals surface area contributed by atoms with Crippen LogP contribution in [0.4, 0.5) is 0 Å². The van der Waals surface area contributed by atoms with Gasteiger partial charge in [0.15, 0.2) is 0 Å². The van der Waals surface area contributed by atoms with Gasteiger partial charge in [-0.1, -0.05) is 13.0 Å². The Hall–Kier alpha value is -1.04. The molecule has 104 valence electrons. The highest BCUT2D eigenvalue weighted by Gasteiger charge is 2.27. The molecule has 2 N–H and O–H groups in total. The van der Waals surface area contributed by atoms with Gasteiger partial charge in [-0.25, -0.2) is 0 Å². The molecule has 2 atom stereocenters. The van der Waals surface area contributed by atoms with E-state index in [2.05, 4.69) is 18.7 Å². The molecule has 1 saturated heterocycles. The van der Waals surface area contributed by atoms with Gasteiger partial charge in [-0.05, 0) is 42.4 Å². The molecule has 1 aliphatic heterocycles. The molecule has 1 heterocycles. The molecule has 1 fully saturated rings. The summed E-state index contributed by atoms with van der Waals surface area (Å²) in [5, 5.41) is 18.9. The van der Waals surface area contributed by atoms with Crippen molar-refractivity contribution in [3.63, 3.8) is 0 Å². The van der Waals surface area contributed by atoms with E-state index >= 15 is 0 Å². The van der Waals surface area contributed by atoms with Crippen molar-refractivity contribution in [2.24, 2.45) is 5.92 Å². The second-order valence-electron chi connectivity index (χ2n) is 5.56. The van der Waals surface area contributed by atoms with Gasteiger partial charge in [0.2, 0.25) is 0 Å². The fraction of sp³-hybridized carbons (Fsp3) is 0.571. The molecule has 4 nitrogen and oxygen atoms in total. The first kappa shape index (κ1) is 14.4. The maximum absolute atomic E-state index is 9.46. The molecule has 19 heavy (non-hydrogen) atoms. The molecule has 0 amide bonds. The molecule has 0 bridgehead atoms. The SMILES string of the molecule is COc1ccc(B(O)O)c(CN2CC(C)CC2C)c1. The van der Waals surface area contributed by atoms with Gasteiger partial charge in [-0.15, -0.1) is 0 Å². The van der Waals surface area contributed by atoms with Crippen LogP contribution in [-0.2, 0) is 6.54 Å². The molecule has 2 rings (SSSR count). The van der Waals surface area contributed by atoms with E-state index in [1.807, 2.05) is 6.07 Å². The number of hydrogen-bond donors (Lipinski definition) is 2. The maximum Gasteiger partial charge on any atom is 0.488 e. The molecular formula is C14H22BNO3. The maximum atomic E-state index is 9.46. The summed E-state index contributed by atoms with van der Waals surface area (Å²) in [6.07, 6.45) is 1.20. The molecule has 1 aliphatic rings. The zero-order valence-electron chi connectivity index (χ0n) is 11.8. The van der Waals surface area contributed by atoms with Crippen LogP contribution in [-0.4, -0.2) is 41.8 Å². The molecular weight excluding hydrogens is 241 g/mol. The van der Waals surface area contributed by atoms with Crippen molar-refractivity contribution in [1.29, 1.82) is 0 Å². The summed E-state index contributed by atoms with van der Waals surface area (Å²) in [5.74, 6) is 1.45. The van der Waals surface area contributed by atoms with E-state index in [9.17, 15) is 10.0 Å². The van der Waals surface area contributed by atoms with Gasteiger partial charge in [-0.3, -0.25) is 4.90 Å². The molecule has 0 radical (unpaired) electrons. The highest BCUT2D eigenvalue weighted by atomic mass is 16.5. The van der Waals surface area contributed by atoms with Gasteiger partial charge in [0, 0.05) is 19.1 Å². The number of likely N-dealkylation sites (tertiary alicyclic amines) is 1. The predicted molar refractivity (Wildman–Crippen MR) is 76.5 cm³/mol. The highest BCUT2D eigenvalue weighted by molar-refractivity contribution is 6.59. The normalized spacial score (nSPS) is 23.6. The van der Waals surface area contributed by atoms with E-state index in [0.717, 1.165) is 24.4 Å². The summed E-state index contributed by atoms with van der Waals surface area (Å²) in [5.41, 5.74) is 1.49. The Bertz CT molecular complexity index is 439. The number of rotatable bonds is 4. The quantitative estimate of drug-likeness (QED) is 0.781. The van der Waals surface area contributed by atoms with Crippen LogP contribution in [0, 0.1) is 5.92 Å². The van der Waals surface area contributed by atoms with Crippen LogP contribution in [0.1, 0.15) is 25.8 Å². The minimum absolute atomic E-state index is 0.532. The lowest BCUT2D eigenvalue weighted by atomic mass is 9.77. The Morgan fingerprint density at radius 2 is 2.11 bits per heavy atom. The molecule has 0 saturated carbocycles. The van der Waals surface area contributed by atoms with Crippen molar-refractivity contribution in [2.45, 2.75) is 32.9 Å². The lowest BCUT2D eigenvalue weighted by molar-refractivity contribution is 0.256. The first-order chi connectivity index (χ1) is 9.01. The smallest absolute Gasteiger partial charge is 0.488 e. The average Bonchev–Trinajstić information content (AvgIpc) is 2.67. The van der Waals surface area contributed by atoms with Crippen LogP contribution in [0.5, 0.6) is 5.75 Å². The Kier molecular flexibility index (Phi) is 4.50. The molecule has 0 aliphatic carbocycles. The highest BCUT2D eigenvalue weighted by Crippen LogP contribution is 2.24. The second-order valence-corrected chi connectivity index (χ2v) is 5.56. The molecule has 1 aromatic carbocycles. The Morgan fingerprint density at radius 1 is 1.37 bits per heavy atom. The average molecular weight is 263 g/mol. The third-order valence-electron chi connectivity index (χ3n) is 3.91. The van der Waals surface area contributed by atoms with Crippen molar-refractivity contribution in [1.82, 2.24) is 4.90 Å². The molecule has 2 unspecified atom stereocenters. The van der Waals surface area contributed by atoms with Crippen molar-refractivity contribution < 1.29 is 14.8 Å². The Morgan fingerprint density at radius 3 is 2.63 bits per heavy atom. The molecule has 5 heteroatoms. The minimum Gasteiger partial charge on any atom is -0.497 e. The van der Waals surface area contributed by atoms with Gasteiger partial charge >= 0.3 is 7.12 Å².